The van der Waals surface area contributed by atoms with Crippen LogP contribution < -0.4 is 10.6 Å². The Morgan fingerprint density at radius 1 is 1.02 bits per heavy atom. The van der Waals surface area contributed by atoms with Gasteiger partial charge in [0.1, 0.15) is 18.2 Å². The molecule has 2 aromatic rings. The number of hydrogen-bond acceptors (Lipinski definition) is 5. The van der Waals surface area contributed by atoms with Gasteiger partial charge in [-0.1, -0.05) is 51.5 Å². The maximum absolute atomic E-state index is 13.9. The summed E-state index contributed by atoms with van der Waals surface area (Å²) < 4.78 is 27.8. The van der Waals surface area contributed by atoms with Crippen molar-refractivity contribution in [1.29, 1.82) is 0 Å². The maximum Gasteiger partial charge on any atom is 0.312 e. The van der Waals surface area contributed by atoms with Crippen LogP contribution in [0.2, 0.25) is 0 Å². The van der Waals surface area contributed by atoms with E-state index in [-0.39, 0.29) is 37.7 Å². The van der Waals surface area contributed by atoms with Crippen LogP contribution in [-0.2, 0) is 33.8 Å². The summed E-state index contributed by atoms with van der Waals surface area (Å²) in [6, 6.07) is 10.0. The molecule has 1 unspecified atom stereocenters. The normalized spacial score (nSPS) is 17.1. The molecule has 224 valence electrons. The fourth-order valence-corrected chi connectivity index (χ4v) is 5.12. The van der Waals surface area contributed by atoms with Crippen LogP contribution in [0, 0.1) is 11.6 Å². The van der Waals surface area contributed by atoms with Crippen molar-refractivity contribution >= 4 is 17.7 Å². The highest BCUT2D eigenvalue weighted by Crippen LogP contribution is 2.17. The molecule has 1 fully saturated rings. The van der Waals surface area contributed by atoms with E-state index in [9.17, 15) is 28.3 Å². The van der Waals surface area contributed by atoms with Crippen LogP contribution in [0.3, 0.4) is 0 Å². The number of carbonyl (C=O) groups is 3. The van der Waals surface area contributed by atoms with E-state index in [4.69, 9.17) is 0 Å². The zero-order valence-electron chi connectivity index (χ0n) is 24.2. The van der Waals surface area contributed by atoms with Crippen molar-refractivity contribution in [3.63, 3.8) is 0 Å². The fourth-order valence-electron chi connectivity index (χ4n) is 5.12. The average Bonchev–Trinajstić information content (AvgIpc) is 2.94. The van der Waals surface area contributed by atoms with E-state index in [0.29, 0.717) is 19.5 Å². The van der Waals surface area contributed by atoms with Gasteiger partial charge in [-0.15, -0.1) is 0 Å². The van der Waals surface area contributed by atoms with Gasteiger partial charge < -0.3 is 25.5 Å². The molecular formula is C31H42F2N4O4. The molecule has 0 saturated carbocycles. The van der Waals surface area contributed by atoms with E-state index in [2.05, 4.69) is 23.6 Å². The summed E-state index contributed by atoms with van der Waals surface area (Å²) in [5.41, 5.74) is 2.49. The Morgan fingerprint density at radius 3 is 2.39 bits per heavy atom. The smallest absolute Gasteiger partial charge is 0.312 e. The molecule has 10 heteroatoms. The number of aliphatic hydroxyl groups is 1. The molecule has 2 aromatic carbocycles. The molecule has 1 saturated heterocycles. The van der Waals surface area contributed by atoms with Gasteiger partial charge in [0.05, 0.1) is 12.1 Å². The van der Waals surface area contributed by atoms with Gasteiger partial charge in [0, 0.05) is 38.3 Å². The van der Waals surface area contributed by atoms with Crippen molar-refractivity contribution in [3.8, 4) is 0 Å². The number of halogens is 2. The summed E-state index contributed by atoms with van der Waals surface area (Å²) in [6.07, 6.45) is 2.07. The molecule has 8 nitrogen and oxygen atoms in total. The Balaban J connectivity index is 1.68. The summed E-state index contributed by atoms with van der Waals surface area (Å²) in [5.74, 6) is -3.44. The number of aliphatic hydroxyl groups excluding tert-OH is 1. The molecule has 0 bridgehead atoms. The predicted octanol–water partition coefficient (Wildman–Crippen LogP) is 2.95. The third-order valence-electron chi connectivity index (χ3n) is 7.43. The van der Waals surface area contributed by atoms with Crippen molar-refractivity contribution in [2.75, 3.05) is 26.2 Å². The van der Waals surface area contributed by atoms with Crippen molar-refractivity contribution < 1.29 is 28.3 Å². The Bertz CT molecular complexity index is 1170. The van der Waals surface area contributed by atoms with Gasteiger partial charge in [-0.25, -0.2) is 8.78 Å². The highest BCUT2D eigenvalue weighted by Gasteiger charge is 2.38. The number of nitrogens with zero attached hydrogens (tertiary/aromatic N) is 2. The van der Waals surface area contributed by atoms with Crippen LogP contribution >= 0.6 is 0 Å². The van der Waals surface area contributed by atoms with Gasteiger partial charge in [-0.3, -0.25) is 14.4 Å². The molecule has 41 heavy (non-hydrogen) atoms. The van der Waals surface area contributed by atoms with E-state index in [1.54, 1.807) is 4.90 Å². The molecule has 0 spiro atoms. The molecule has 0 aliphatic carbocycles. The lowest BCUT2D eigenvalue weighted by Crippen LogP contribution is -2.61. The Hall–Kier alpha value is -3.37. The van der Waals surface area contributed by atoms with E-state index < -0.39 is 41.5 Å². The molecule has 3 rings (SSSR count). The first kappa shape index (κ1) is 32.1. The molecule has 1 aliphatic heterocycles. The van der Waals surface area contributed by atoms with E-state index in [1.807, 2.05) is 32.0 Å². The molecule has 3 amide bonds. The zero-order chi connectivity index (χ0) is 29.9. The second kappa shape index (κ2) is 15.6. The first-order valence-electron chi connectivity index (χ1n) is 14.5. The second-order valence-corrected chi connectivity index (χ2v) is 10.6. The summed E-state index contributed by atoms with van der Waals surface area (Å²) >= 11 is 0. The minimum atomic E-state index is -1.11. The fraction of sp³-hybridized carbons (Fsp3) is 0.516. The van der Waals surface area contributed by atoms with Crippen LogP contribution in [0.25, 0.3) is 0 Å². The van der Waals surface area contributed by atoms with E-state index in [1.165, 1.54) is 10.5 Å². The minimum absolute atomic E-state index is 0.0379. The average molecular weight is 573 g/mol. The third kappa shape index (κ3) is 9.33. The number of piperazine rings is 1. The summed E-state index contributed by atoms with van der Waals surface area (Å²) in [6.45, 7) is 6.96. The topological polar surface area (TPSA) is 102 Å². The molecule has 0 radical (unpaired) electrons. The van der Waals surface area contributed by atoms with E-state index in [0.717, 1.165) is 43.0 Å². The lowest BCUT2D eigenvalue weighted by Gasteiger charge is -2.40. The quantitative estimate of drug-likeness (QED) is 0.285. The monoisotopic (exact) mass is 572 g/mol. The van der Waals surface area contributed by atoms with Crippen LogP contribution in [-0.4, -0.2) is 77.0 Å². The summed E-state index contributed by atoms with van der Waals surface area (Å²) in [7, 11) is 0. The number of hydrogen-bond donors (Lipinski definition) is 3. The Morgan fingerprint density at radius 2 is 1.73 bits per heavy atom. The largest absolute Gasteiger partial charge is 0.390 e. The number of aryl methyl sites for hydroxylation is 1. The first-order chi connectivity index (χ1) is 19.6. The highest BCUT2D eigenvalue weighted by molar-refractivity contribution is 6.35. The number of rotatable bonds is 15. The molecule has 3 atom stereocenters. The van der Waals surface area contributed by atoms with Crippen LogP contribution in [0.15, 0.2) is 42.5 Å². The van der Waals surface area contributed by atoms with Gasteiger partial charge >= 0.3 is 11.8 Å². The third-order valence-corrected chi connectivity index (χ3v) is 7.43. The summed E-state index contributed by atoms with van der Waals surface area (Å²) in [4.78, 5) is 41.5. The van der Waals surface area contributed by atoms with Crippen LogP contribution in [0.4, 0.5) is 8.78 Å². The van der Waals surface area contributed by atoms with Crippen LogP contribution in [0.1, 0.15) is 56.7 Å². The highest BCUT2D eigenvalue weighted by atomic mass is 19.1. The van der Waals surface area contributed by atoms with Crippen molar-refractivity contribution in [3.05, 3.63) is 70.8 Å². The van der Waals surface area contributed by atoms with Crippen molar-refractivity contribution in [1.82, 2.24) is 20.4 Å². The van der Waals surface area contributed by atoms with Gasteiger partial charge in [0.2, 0.25) is 5.91 Å². The molecule has 3 N–H and O–H groups in total. The molecular weight excluding hydrogens is 530 g/mol. The van der Waals surface area contributed by atoms with Gasteiger partial charge in [-0.2, -0.15) is 0 Å². The first-order valence-corrected chi connectivity index (χ1v) is 14.5. The summed E-state index contributed by atoms with van der Waals surface area (Å²) in [5, 5.41) is 16.9. The number of nitrogens with one attached hydrogen (secondary N) is 2. The number of unbranched alkanes of at least 4 members (excludes halogenated alkanes) is 1. The number of benzene rings is 2. The Labute approximate surface area is 241 Å². The lowest BCUT2D eigenvalue weighted by molar-refractivity contribution is -0.160. The number of carbonyl (C=O) groups excluding carboxylic acids is 3. The van der Waals surface area contributed by atoms with Gasteiger partial charge in [0.25, 0.3) is 0 Å². The van der Waals surface area contributed by atoms with Crippen molar-refractivity contribution in [2.45, 2.75) is 77.6 Å². The minimum Gasteiger partial charge on any atom is -0.390 e. The standard InChI is InChI=1S/C31H42F2N4O4/c1-4-7-11-37-26(6-3)19-36(30(40)31(37)41)20-29(39)35-27(15-23-13-24(32)16-25(33)14-23)28(38)18-34-17-22-10-8-9-21(5-2)12-22/h8-10,12-14,16,26-28,34,38H,4-7,11,15,17-20H2,1-3H3,(H,35,39)/t26?,27-,28+/m0/s1. The molecule has 0 aromatic heterocycles. The lowest BCUT2D eigenvalue weighted by atomic mass is 10.00. The maximum atomic E-state index is 13.9. The predicted molar refractivity (Wildman–Crippen MR) is 153 cm³/mol. The van der Waals surface area contributed by atoms with Gasteiger partial charge in [0.15, 0.2) is 0 Å². The SMILES string of the molecule is CCCCN1C(=O)C(=O)N(CC(=O)N[C@@H](Cc2cc(F)cc(F)c2)[C@H](O)CNCc2cccc(CC)c2)CC1CC. The Kier molecular flexibility index (Phi) is 12.2. The second-order valence-electron chi connectivity index (χ2n) is 10.6. The van der Waals surface area contributed by atoms with Crippen molar-refractivity contribution in [2.24, 2.45) is 0 Å². The molecule has 1 heterocycles. The number of amides is 3. The van der Waals surface area contributed by atoms with E-state index >= 15 is 0 Å². The molecule has 1 aliphatic rings. The zero-order valence-corrected chi connectivity index (χ0v) is 24.2. The van der Waals surface area contributed by atoms with Gasteiger partial charge in [-0.05, 0) is 54.5 Å². The van der Waals surface area contributed by atoms with Crippen LogP contribution in [0.5, 0.6) is 0 Å².